The third kappa shape index (κ3) is 2.12. The summed E-state index contributed by atoms with van der Waals surface area (Å²) in [6, 6.07) is 8.02. The van der Waals surface area contributed by atoms with E-state index >= 15 is 0 Å². The topological polar surface area (TPSA) is 55.3 Å². The van der Waals surface area contributed by atoms with E-state index in [0.29, 0.717) is 6.54 Å². The van der Waals surface area contributed by atoms with Crippen LogP contribution in [0.4, 0.5) is 5.82 Å². The van der Waals surface area contributed by atoms with Gasteiger partial charge in [-0.3, -0.25) is 4.79 Å². The van der Waals surface area contributed by atoms with Crippen LogP contribution >= 0.6 is 0 Å². The van der Waals surface area contributed by atoms with E-state index < -0.39 is 0 Å². The predicted molar refractivity (Wildman–Crippen MR) is 71.9 cm³/mol. The molecule has 2 heterocycles. The van der Waals surface area contributed by atoms with E-state index in [1.807, 2.05) is 24.3 Å². The molecule has 3 rings (SSSR count). The zero-order valence-corrected chi connectivity index (χ0v) is 10.7. The highest BCUT2D eigenvalue weighted by atomic mass is 16.5. The number of hydrogen-bond acceptors (Lipinski definition) is 5. The monoisotopic (exact) mass is 257 g/mol. The van der Waals surface area contributed by atoms with Gasteiger partial charge < -0.3 is 9.64 Å². The van der Waals surface area contributed by atoms with Crippen molar-refractivity contribution >= 4 is 22.6 Å². The molecule has 0 N–H and O–H groups in total. The molecule has 19 heavy (non-hydrogen) atoms. The second kappa shape index (κ2) is 4.84. The lowest BCUT2D eigenvalue weighted by Crippen LogP contribution is -2.24. The molecule has 1 atom stereocenters. The van der Waals surface area contributed by atoms with E-state index in [0.717, 1.165) is 29.6 Å². The first-order valence-electron chi connectivity index (χ1n) is 6.33. The summed E-state index contributed by atoms with van der Waals surface area (Å²) >= 11 is 0. The van der Waals surface area contributed by atoms with Crippen molar-refractivity contribution in [3.05, 3.63) is 30.5 Å². The minimum atomic E-state index is -0.143. The van der Waals surface area contributed by atoms with Crippen LogP contribution in [0.2, 0.25) is 0 Å². The second-order valence-electron chi connectivity index (χ2n) is 4.71. The summed E-state index contributed by atoms with van der Waals surface area (Å²) < 4.78 is 4.80. The lowest BCUT2D eigenvalue weighted by molar-refractivity contribution is -0.144. The molecule has 98 valence electrons. The molecule has 1 aliphatic heterocycles. The van der Waals surface area contributed by atoms with Crippen LogP contribution in [0.3, 0.4) is 0 Å². The minimum absolute atomic E-state index is 0.0641. The molecule has 0 radical (unpaired) electrons. The zero-order valence-electron chi connectivity index (χ0n) is 10.7. The van der Waals surface area contributed by atoms with Crippen LogP contribution in [0.25, 0.3) is 10.8 Å². The van der Waals surface area contributed by atoms with Crippen molar-refractivity contribution in [3.8, 4) is 0 Å². The molecule has 0 saturated carbocycles. The molecular weight excluding hydrogens is 242 g/mol. The van der Waals surface area contributed by atoms with Gasteiger partial charge in [-0.2, -0.15) is 5.10 Å². The molecule has 1 aliphatic rings. The first-order chi connectivity index (χ1) is 9.29. The number of esters is 1. The maximum absolute atomic E-state index is 11.6. The lowest BCUT2D eigenvalue weighted by atomic mass is 10.1. The summed E-state index contributed by atoms with van der Waals surface area (Å²) in [5, 5.41) is 10.4. The Morgan fingerprint density at radius 1 is 1.42 bits per heavy atom. The third-order valence-corrected chi connectivity index (χ3v) is 3.57. The highest BCUT2D eigenvalue weighted by Gasteiger charge is 2.30. The molecule has 1 saturated heterocycles. The number of ether oxygens (including phenoxy) is 1. The first-order valence-corrected chi connectivity index (χ1v) is 6.33. The summed E-state index contributed by atoms with van der Waals surface area (Å²) in [5.74, 6) is 0.644. The van der Waals surface area contributed by atoms with Gasteiger partial charge in [-0.05, 0) is 6.42 Å². The molecule has 2 aromatic rings. The van der Waals surface area contributed by atoms with E-state index in [4.69, 9.17) is 4.74 Å². The van der Waals surface area contributed by atoms with Crippen molar-refractivity contribution in [2.24, 2.45) is 5.92 Å². The Labute approximate surface area is 111 Å². The van der Waals surface area contributed by atoms with Gasteiger partial charge in [0.05, 0.1) is 19.2 Å². The standard InChI is InChI=1S/C14H15N3O2/c1-19-14(18)11-6-7-17(9-11)13-12-5-3-2-4-10(12)8-15-16-13/h2-5,8,11H,6-7,9H2,1H3. The van der Waals surface area contributed by atoms with Gasteiger partial charge >= 0.3 is 5.97 Å². The van der Waals surface area contributed by atoms with Gasteiger partial charge in [-0.1, -0.05) is 24.3 Å². The highest BCUT2D eigenvalue weighted by molar-refractivity contribution is 5.91. The molecule has 5 nitrogen and oxygen atoms in total. The number of aromatic nitrogens is 2. The summed E-state index contributed by atoms with van der Waals surface area (Å²) in [7, 11) is 1.43. The Morgan fingerprint density at radius 3 is 3.11 bits per heavy atom. The highest BCUT2D eigenvalue weighted by Crippen LogP contribution is 2.28. The summed E-state index contributed by atoms with van der Waals surface area (Å²) in [4.78, 5) is 13.7. The molecular formula is C14H15N3O2. The van der Waals surface area contributed by atoms with Gasteiger partial charge in [0.2, 0.25) is 0 Å². The zero-order chi connectivity index (χ0) is 13.2. The molecule has 1 aromatic heterocycles. The number of carbonyl (C=O) groups excluding carboxylic acids is 1. The van der Waals surface area contributed by atoms with Crippen molar-refractivity contribution in [1.82, 2.24) is 10.2 Å². The number of carbonyl (C=O) groups is 1. The minimum Gasteiger partial charge on any atom is -0.469 e. The number of rotatable bonds is 2. The average molecular weight is 257 g/mol. The Bertz CT molecular complexity index is 609. The fourth-order valence-electron chi connectivity index (χ4n) is 2.56. The third-order valence-electron chi connectivity index (χ3n) is 3.57. The van der Waals surface area contributed by atoms with Gasteiger partial charge in [-0.25, -0.2) is 0 Å². The van der Waals surface area contributed by atoms with E-state index in [9.17, 15) is 4.79 Å². The quantitative estimate of drug-likeness (QED) is 0.765. The number of nitrogens with zero attached hydrogens (tertiary/aromatic N) is 3. The number of anilines is 1. The molecule has 0 aliphatic carbocycles. The van der Waals surface area contributed by atoms with E-state index in [2.05, 4.69) is 15.1 Å². The summed E-state index contributed by atoms with van der Waals surface area (Å²) in [5.41, 5.74) is 0. The van der Waals surface area contributed by atoms with Gasteiger partial charge in [0.25, 0.3) is 0 Å². The van der Waals surface area contributed by atoms with Gasteiger partial charge in [0, 0.05) is 23.9 Å². The van der Waals surface area contributed by atoms with Crippen LogP contribution in [0, 0.1) is 5.92 Å². The maximum Gasteiger partial charge on any atom is 0.310 e. The summed E-state index contributed by atoms with van der Waals surface area (Å²) in [6.07, 6.45) is 2.56. The molecule has 1 fully saturated rings. The van der Waals surface area contributed by atoms with Crippen LogP contribution in [-0.2, 0) is 9.53 Å². The fraction of sp³-hybridized carbons (Fsp3) is 0.357. The number of benzene rings is 1. The average Bonchev–Trinajstić information content (AvgIpc) is 2.95. The van der Waals surface area contributed by atoms with Crippen molar-refractivity contribution in [2.75, 3.05) is 25.1 Å². The SMILES string of the molecule is COC(=O)C1CCN(c2nncc3ccccc23)C1. The van der Waals surface area contributed by atoms with Crippen LogP contribution in [-0.4, -0.2) is 36.4 Å². The lowest BCUT2D eigenvalue weighted by Gasteiger charge is -2.18. The Kier molecular flexibility index (Phi) is 3.03. The van der Waals surface area contributed by atoms with Crippen molar-refractivity contribution < 1.29 is 9.53 Å². The molecule has 1 unspecified atom stereocenters. The molecule has 1 aromatic carbocycles. The first kappa shape index (κ1) is 11.9. The van der Waals surface area contributed by atoms with Gasteiger partial charge in [0.15, 0.2) is 5.82 Å². The van der Waals surface area contributed by atoms with Crippen LogP contribution < -0.4 is 4.90 Å². The Hall–Kier alpha value is -2.17. The van der Waals surface area contributed by atoms with Crippen molar-refractivity contribution in [3.63, 3.8) is 0 Å². The second-order valence-corrected chi connectivity index (χ2v) is 4.71. The Balaban J connectivity index is 1.92. The Morgan fingerprint density at radius 2 is 2.26 bits per heavy atom. The number of methoxy groups -OCH3 is 1. The van der Waals surface area contributed by atoms with Gasteiger partial charge in [0.1, 0.15) is 0 Å². The van der Waals surface area contributed by atoms with Crippen molar-refractivity contribution in [1.29, 1.82) is 0 Å². The summed E-state index contributed by atoms with van der Waals surface area (Å²) in [6.45, 7) is 1.46. The normalized spacial score (nSPS) is 18.8. The molecule has 0 amide bonds. The van der Waals surface area contributed by atoms with E-state index in [1.54, 1.807) is 6.20 Å². The molecule has 0 bridgehead atoms. The fourth-order valence-corrected chi connectivity index (χ4v) is 2.56. The van der Waals surface area contributed by atoms with Crippen LogP contribution in [0.15, 0.2) is 30.5 Å². The van der Waals surface area contributed by atoms with E-state index in [1.165, 1.54) is 7.11 Å². The van der Waals surface area contributed by atoms with Crippen LogP contribution in [0.5, 0.6) is 0 Å². The number of fused-ring (bicyclic) bond motifs is 1. The maximum atomic E-state index is 11.6. The molecule has 0 spiro atoms. The molecule has 5 heteroatoms. The van der Waals surface area contributed by atoms with Crippen molar-refractivity contribution in [2.45, 2.75) is 6.42 Å². The smallest absolute Gasteiger partial charge is 0.310 e. The van der Waals surface area contributed by atoms with E-state index in [-0.39, 0.29) is 11.9 Å². The van der Waals surface area contributed by atoms with Gasteiger partial charge in [-0.15, -0.1) is 5.10 Å². The largest absolute Gasteiger partial charge is 0.469 e. The number of hydrogen-bond donors (Lipinski definition) is 0. The predicted octanol–water partition coefficient (Wildman–Crippen LogP) is 1.63. The van der Waals surface area contributed by atoms with Crippen LogP contribution in [0.1, 0.15) is 6.42 Å².